The standard InChI is InChI=1S/C31H32ClN3O4/c1-2-3-14-35-23-18-26(39-15-8-13-34-11-6-7-12-34)25(36)17-21(23)27-24(35)16-20(19-9-4-5-10-22(19)32)28-29(27)31(38)33-30(28)37/h4-5,9-10,16-18,36H,2-3,6-8,11-15H2,1H3,(H,33,37,38). The number of hydrogen-bond acceptors (Lipinski definition) is 5. The number of amides is 2. The molecule has 0 saturated carbocycles. The number of fused-ring (bicyclic) bond motifs is 5. The van der Waals surface area contributed by atoms with Gasteiger partial charge >= 0.3 is 0 Å². The van der Waals surface area contributed by atoms with Gasteiger partial charge in [0, 0.05) is 40.5 Å². The van der Waals surface area contributed by atoms with E-state index in [1.54, 1.807) is 12.1 Å². The Morgan fingerprint density at radius 2 is 1.72 bits per heavy atom. The number of imide groups is 1. The third-order valence-corrected chi connectivity index (χ3v) is 8.22. The molecule has 0 bridgehead atoms. The zero-order valence-electron chi connectivity index (χ0n) is 22.1. The number of rotatable bonds is 9. The first kappa shape index (κ1) is 25.7. The maximum Gasteiger partial charge on any atom is 0.259 e. The fourth-order valence-electron chi connectivity index (χ4n) is 6.00. The molecule has 8 heteroatoms. The summed E-state index contributed by atoms with van der Waals surface area (Å²) in [7, 11) is 0. The van der Waals surface area contributed by atoms with Crippen LogP contribution in [0.25, 0.3) is 32.9 Å². The van der Waals surface area contributed by atoms with Crippen molar-refractivity contribution in [2.24, 2.45) is 0 Å². The summed E-state index contributed by atoms with van der Waals surface area (Å²) in [5.74, 6) is -0.437. The lowest BCUT2D eigenvalue weighted by atomic mass is 9.93. The Kier molecular flexibility index (Phi) is 6.95. The van der Waals surface area contributed by atoms with Gasteiger partial charge in [0.1, 0.15) is 0 Å². The molecule has 0 aliphatic carbocycles. The van der Waals surface area contributed by atoms with Crippen molar-refractivity contribution in [1.29, 1.82) is 0 Å². The first-order chi connectivity index (χ1) is 19.0. The molecule has 0 spiro atoms. The highest BCUT2D eigenvalue weighted by molar-refractivity contribution is 6.36. The molecule has 1 fully saturated rings. The van der Waals surface area contributed by atoms with Gasteiger partial charge in [-0.3, -0.25) is 14.9 Å². The van der Waals surface area contributed by atoms with Gasteiger partial charge in [-0.15, -0.1) is 0 Å². The average Bonchev–Trinajstić information content (AvgIpc) is 3.62. The number of aryl methyl sites for hydroxylation is 1. The van der Waals surface area contributed by atoms with Crippen LogP contribution >= 0.6 is 11.6 Å². The topological polar surface area (TPSA) is 83.8 Å². The Morgan fingerprint density at radius 1 is 0.949 bits per heavy atom. The molecule has 2 aliphatic heterocycles. The van der Waals surface area contributed by atoms with E-state index in [1.165, 1.54) is 12.8 Å². The van der Waals surface area contributed by atoms with Crippen LogP contribution in [0.15, 0.2) is 42.5 Å². The number of aromatic hydroxyl groups is 1. The second-order valence-corrected chi connectivity index (χ2v) is 10.8. The predicted octanol–water partition coefficient (Wildman–Crippen LogP) is 6.37. The zero-order valence-corrected chi connectivity index (χ0v) is 22.8. The normalized spacial score (nSPS) is 15.4. The molecule has 2 N–H and O–H groups in total. The van der Waals surface area contributed by atoms with Gasteiger partial charge < -0.3 is 19.3 Å². The molecule has 0 unspecified atom stereocenters. The third kappa shape index (κ3) is 4.53. The van der Waals surface area contributed by atoms with Crippen LogP contribution < -0.4 is 10.1 Å². The summed E-state index contributed by atoms with van der Waals surface area (Å²) in [4.78, 5) is 28.7. The Hall–Kier alpha value is -3.55. The molecule has 0 radical (unpaired) electrons. The van der Waals surface area contributed by atoms with Gasteiger partial charge in [-0.1, -0.05) is 43.1 Å². The number of unbranched alkanes of at least 4 members (excludes halogenated alkanes) is 1. The van der Waals surface area contributed by atoms with Crippen molar-refractivity contribution in [3.05, 3.63) is 58.6 Å². The largest absolute Gasteiger partial charge is 0.504 e. The fraction of sp³-hybridized carbons (Fsp3) is 0.355. The van der Waals surface area contributed by atoms with Crippen LogP contribution in [0.1, 0.15) is 59.7 Å². The highest BCUT2D eigenvalue weighted by Gasteiger charge is 2.35. The van der Waals surface area contributed by atoms with Crippen LogP contribution in [0.5, 0.6) is 11.5 Å². The van der Waals surface area contributed by atoms with Gasteiger partial charge in [0.15, 0.2) is 11.5 Å². The number of carbonyl (C=O) groups is 2. The van der Waals surface area contributed by atoms with E-state index in [2.05, 4.69) is 21.7 Å². The zero-order chi connectivity index (χ0) is 27.1. The van der Waals surface area contributed by atoms with E-state index in [0.717, 1.165) is 55.3 Å². The van der Waals surface area contributed by atoms with Crippen molar-refractivity contribution < 1.29 is 19.4 Å². The molecule has 7 nitrogen and oxygen atoms in total. The smallest absolute Gasteiger partial charge is 0.259 e. The van der Waals surface area contributed by atoms with Crippen molar-refractivity contribution in [1.82, 2.24) is 14.8 Å². The first-order valence-electron chi connectivity index (χ1n) is 13.8. The lowest BCUT2D eigenvalue weighted by Gasteiger charge is -2.15. The van der Waals surface area contributed by atoms with Crippen LogP contribution in [0.2, 0.25) is 5.02 Å². The van der Waals surface area contributed by atoms with Crippen LogP contribution in [0, 0.1) is 0 Å². The number of likely N-dealkylation sites (tertiary alicyclic amines) is 1. The summed E-state index contributed by atoms with van der Waals surface area (Å²) < 4.78 is 8.23. The van der Waals surface area contributed by atoms with Gasteiger partial charge in [0.2, 0.25) is 0 Å². The summed E-state index contributed by atoms with van der Waals surface area (Å²) in [5.41, 5.74) is 3.64. The van der Waals surface area contributed by atoms with Gasteiger partial charge in [0.05, 0.1) is 28.8 Å². The SMILES string of the molecule is CCCCn1c2cc(OCCCN3CCCC3)c(O)cc2c2c3c(c(-c4ccccc4Cl)cc21)C(=O)NC3=O. The quantitative estimate of drug-likeness (QED) is 0.189. The molecule has 202 valence electrons. The molecule has 3 aromatic carbocycles. The molecule has 4 aromatic rings. The van der Waals surface area contributed by atoms with Crippen LogP contribution in [-0.2, 0) is 6.54 Å². The molecule has 1 saturated heterocycles. The number of hydrogen-bond donors (Lipinski definition) is 2. The second kappa shape index (κ2) is 10.5. The third-order valence-electron chi connectivity index (χ3n) is 7.89. The minimum atomic E-state index is -0.441. The second-order valence-electron chi connectivity index (χ2n) is 10.4. The van der Waals surface area contributed by atoms with Gasteiger partial charge in [-0.25, -0.2) is 0 Å². The summed E-state index contributed by atoms with van der Waals surface area (Å²) >= 11 is 6.57. The van der Waals surface area contributed by atoms with E-state index in [9.17, 15) is 14.7 Å². The maximum absolute atomic E-state index is 13.2. The Bertz CT molecular complexity index is 1600. The number of nitrogens with zero attached hydrogens (tertiary/aromatic N) is 2. The molecular weight excluding hydrogens is 514 g/mol. The molecule has 0 atom stereocenters. The number of phenolic OH excluding ortho intramolecular Hbond substituents is 1. The van der Waals surface area contributed by atoms with Crippen molar-refractivity contribution in [3.63, 3.8) is 0 Å². The summed E-state index contributed by atoms with van der Waals surface area (Å²) in [6.45, 7) is 6.63. The molecular formula is C31H32ClN3O4. The van der Waals surface area contributed by atoms with Crippen LogP contribution in [0.3, 0.4) is 0 Å². The number of phenols is 1. The summed E-state index contributed by atoms with van der Waals surface area (Å²) in [5, 5.41) is 15.3. The van der Waals surface area contributed by atoms with Gasteiger partial charge in [-0.2, -0.15) is 0 Å². The molecule has 6 rings (SSSR count). The summed E-state index contributed by atoms with van der Waals surface area (Å²) in [6, 6.07) is 12.8. The number of aromatic nitrogens is 1. The monoisotopic (exact) mass is 545 g/mol. The Labute approximate surface area is 232 Å². The van der Waals surface area contributed by atoms with Crippen molar-refractivity contribution in [3.8, 4) is 22.6 Å². The van der Waals surface area contributed by atoms with Crippen molar-refractivity contribution in [2.45, 2.75) is 45.6 Å². The van der Waals surface area contributed by atoms with E-state index in [0.29, 0.717) is 51.6 Å². The lowest BCUT2D eigenvalue weighted by molar-refractivity contribution is 0.0880. The number of nitrogens with one attached hydrogen (secondary N) is 1. The highest BCUT2D eigenvalue weighted by Crippen LogP contribution is 2.44. The fourth-order valence-corrected chi connectivity index (χ4v) is 6.24. The number of benzene rings is 3. The van der Waals surface area contributed by atoms with Crippen molar-refractivity contribution in [2.75, 3.05) is 26.2 Å². The van der Waals surface area contributed by atoms with Gasteiger partial charge in [-0.05, 0) is 62.5 Å². The summed E-state index contributed by atoms with van der Waals surface area (Å²) in [6.07, 6.45) is 5.31. The molecule has 39 heavy (non-hydrogen) atoms. The lowest BCUT2D eigenvalue weighted by Crippen LogP contribution is -2.21. The molecule has 2 amide bonds. The van der Waals surface area contributed by atoms with Crippen molar-refractivity contribution >= 4 is 45.2 Å². The Morgan fingerprint density at radius 3 is 2.49 bits per heavy atom. The molecule has 2 aliphatic rings. The molecule has 3 heterocycles. The Balaban J connectivity index is 1.51. The first-order valence-corrected chi connectivity index (χ1v) is 14.2. The minimum absolute atomic E-state index is 0.0203. The predicted molar refractivity (Wildman–Crippen MR) is 154 cm³/mol. The van der Waals surface area contributed by atoms with E-state index < -0.39 is 11.8 Å². The van der Waals surface area contributed by atoms with Crippen LogP contribution in [-0.4, -0.2) is 52.6 Å². The van der Waals surface area contributed by atoms with E-state index >= 15 is 0 Å². The highest BCUT2D eigenvalue weighted by atomic mass is 35.5. The molecule has 1 aromatic heterocycles. The maximum atomic E-state index is 13.2. The van der Waals surface area contributed by atoms with Gasteiger partial charge in [0.25, 0.3) is 11.8 Å². The van der Waals surface area contributed by atoms with Crippen LogP contribution in [0.4, 0.5) is 0 Å². The van der Waals surface area contributed by atoms with E-state index in [-0.39, 0.29) is 5.75 Å². The van der Waals surface area contributed by atoms with E-state index in [4.69, 9.17) is 16.3 Å². The average molecular weight is 546 g/mol. The van der Waals surface area contributed by atoms with E-state index in [1.807, 2.05) is 30.3 Å². The number of halogens is 1. The minimum Gasteiger partial charge on any atom is -0.504 e. The number of carbonyl (C=O) groups excluding carboxylic acids is 2. The number of ether oxygens (including phenoxy) is 1.